The normalized spacial score (nSPS) is 12.9. The van der Waals surface area contributed by atoms with E-state index in [1.807, 2.05) is 6.08 Å². The van der Waals surface area contributed by atoms with Crippen LogP contribution in [0.4, 0.5) is 0 Å². The lowest BCUT2D eigenvalue weighted by atomic mass is 10.0. The van der Waals surface area contributed by atoms with Crippen molar-refractivity contribution in [2.75, 3.05) is 13.2 Å². The number of aliphatic hydroxyl groups is 2. The average molecular weight is 1010 g/mol. The standard InChI is InChI=1S/C66H123NO5/c1-3-5-7-9-11-13-14-15-16-30-34-37-40-44-48-52-56-60-66(71)72-61-57-53-49-45-41-38-35-32-29-27-25-23-21-19-17-18-20-22-24-26-28-31-33-36-39-43-47-51-55-59-65(70)67-63(62-68)64(69)58-54-50-46-42-12-10-8-6-4-2/h11,13,15-17,19,54,58,63-64,68-69H,3-10,12,14,18,20-53,55-57,59-62H2,1-2H3,(H,67,70)/b13-11-,16-15-,19-17-,58-54+. The minimum atomic E-state index is -0.842. The lowest BCUT2D eigenvalue weighted by molar-refractivity contribution is -0.143. The fourth-order valence-corrected chi connectivity index (χ4v) is 9.66. The predicted octanol–water partition coefficient (Wildman–Crippen LogP) is 20.1. The molecule has 0 saturated carbocycles. The Kier molecular flexibility index (Phi) is 59.5. The summed E-state index contributed by atoms with van der Waals surface area (Å²) in [6, 6.07) is -0.625. The van der Waals surface area contributed by atoms with Crippen LogP contribution in [0.1, 0.15) is 335 Å². The van der Waals surface area contributed by atoms with E-state index in [0.29, 0.717) is 19.4 Å². The van der Waals surface area contributed by atoms with Gasteiger partial charge in [-0.15, -0.1) is 0 Å². The first-order valence-electron chi connectivity index (χ1n) is 31.9. The van der Waals surface area contributed by atoms with E-state index in [-0.39, 0.29) is 18.5 Å². The molecule has 0 spiro atoms. The monoisotopic (exact) mass is 1010 g/mol. The van der Waals surface area contributed by atoms with Gasteiger partial charge in [-0.2, -0.15) is 0 Å². The van der Waals surface area contributed by atoms with Gasteiger partial charge in [0.25, 0.3) is 0 Å². The molecule has 0 aliphatic rings. The number of aliphatic hydroxyl groups excluding tert-OH is 2. The van der Waals surface area contributed by atoms with E-state index < -0.39 is 12.1 Å². The van der Waals surface area contributed by atoms with Crippen LogP contribution in [0.2, 0.25) is 0 Å². The zero-order valence-corrected chi connectivity index (χ0v) is 48.2. The van der Waals surface area contributed by atoms with Crippen LogP contribution in [0.5, 0.6) is 0 Å². The molecule has 6 heteroatoms. The summed E-state index contributed by atoms with van der Waals surface area (Å²) in [5.41, 5.74) is 0. The maximum Gasteiger partial charge on any atom is 0.305 e. The summed E-state index contributed by atoms with van der Waals surface area (Å²) in [5, 5.41) is 23.0. The van der Waals surface area contributed by atoms with Gasteiger partial charge in [-0.1, -0.05) is 281 Å². The van der Waals surface area contributed by atoms with E-state index in [2.05, 4.69) is 55.6 Å². The number of allylic oxidation sites excluding steroid dienone is 7. The lowest BCUT2D eigenvalue weighted by Crippen LogP contribution is -2.45. The molecule has 3 N–H and O–H groups in total. The highest BCUT2D eigenvalue weighted by Crippen LogP contribution is 2.17. The topological polar surface area (TPSA) is 95.9 Å². The molecule has 0 rings (SSSR count). The summed E-state index contributed by atoms with van der Waals surface area (Å²) in [6.45, 7) is 4.86. The van der Waals surface area contributed by atoms with Gasteiger partial charge in [0.05, 0.1) is 25.4 Å². The Labute approximate surface area is 448 Å². The van der Waals surface area contributed by atoms with Crippen molar-refractivity contribution in [3.8, 4) is 0 Å². The zero-order chi connectivity index (χ0) is 52.2. The molecule has 0 aromatic heterocycles. The number of unbranched alkanes of at least 4 members (excludes halogenated alkanes) is 42. The molecule has 0 fully saturated rings. The molecule has 0 saturated heterocycles. The number of nitrogens with one attached hydrogen (secondary N) is 1. The Morgan fingerprint density at radius 1 is 0.389 bits per heavy atom. The fraction of sp³-hybridized carbons (Fsp3) is 0.848. The first kappa shape index (κ1) is 69.8. The van der Waals surface area contributed by atoms with Crippen LogP contribution in [-0.2, 0) is 14.3 Å². The molecule has 0 aliphatic heterocycles. The third-order valence-corrected chi connectivity index (χ3v) is 14.6. The van der Waals surface area contributed by atoms with E-state index >= 15 is 0 Å². The van der Waals surface area contributed by atoms with Gasteiger partial charge < -0.3 is 20.3 Å². The van der Waals surface area contributed by atoms with Crippen LogP contribution >= 0.6 is 0 Å². The number of esters is 1. The van der Waals surface area contributed by atoms with E-state index in [9.17, 15) is 19.8 Å². The summed E-state index contributed by atoms with van der Waals surface area (Å²) < 4.78 is 5.49. The first-order valence-corrected chi connectivity index (χ1v) is 31.9. The number of ether oxygens (including phenoxy) is 1. The maximum atomic E-state index is 12.4. The summed E-state index contributed by atoms with van der Waals surface area (Å²) in [6.07, 6.45) is 78.9. The van der Waals surface area contributed by atoms with Crippen molar-refractivity contribution < 1.29 is 24.5 Å². The zero-order valence-electron chi connectivity index (χ0n) is 48.2. The molecule has 0 radical (unpaired) electrons. The van der Waals surface area contributed by atoms with Crippen molar-refractivity contribution in [3.05, 3.63) is 48.6 Å². The molecule has 0 aliphatic carbocycles. The van der Waals surface area contributed by atoms with Gasteiger partial charge >= 0.3 is 5.97 Å². The van der Waals surface area contributed by atoms with E-state index in [1.54, 1.807) is 6.08 Å². The number of hydrogen-bond acceptors (Lipinski definition) is 5. The molecular formula is C66H123NO5. The second-order valence-electron chi connectivity index (χ2n) is 21.7. The van der Waals surface area contributed by atoms with Crippen molar-refractivity contribution in [3.63, 3.8) is 0 Å². The van der Waals surface area contributed by atoms with E-state index in [4.69, 9.17) is 4.74 Å². The Bertz CT molecular complexity index is 1210. The van der Waals surface area contributed by atoms with Gasteiger partial charge in [-0.25, -0.2) is 0 Å². The highest BCUT2D eigenvalue weighted by Gasteiger charge is 2.18. The summed E-state index contributed by atoms with van der Waals surface area (Å²) in [4.78, 5) is 24.5. The van der Waals surface area contributed by atoms with Crippen LogP contribution in [-0.4, -0.2) is 47.4 Å². The van der Waals surface area contributed by atoms with E-state index in [0.717, 1.165) is 51.4 Å². The summed E-state index contributed by atoms with van der Waals surface area (Å²) in [5.74, 6) is -0.0617. The van der Waals surface area contributed by atoms with Gasteiger partial charge in [0.1, 0.15) is 0 Å². The minimum absolute atomic E-state index is 0.00801. The van der Waals surface area contributed by atoms with Crippen LogP contribution in [0.15, 0.2) is 48.6 Å². The summed E-state index contributed by atoms with van der Waals surface area (Å²) in [7, 11) is 0. The minimum Gasteiger partial charge on any atom is -0.466 e. The molecule has 72 heavy (non-hydrogen) atoms. The van der Waals surface area contributed by atoms with Crippen LogP contribution in [0, 0.1) is 0 Å². The third kappa shape index (κ3) is 57.1. The molecule has 0 heterocycles. The molecule has 422 valence electrons. The molecule has 2 atom stereocenters. The SMILES string of the molecule is CCCCC/C=C\C/C=C\CCCCCCCCCC(=O)OCCCCCCCCCCCCCC/C=C\CCCCCCCCCCCCCCCC(=O)NC(CO)C(O)/C=C/CCCCCCCCC. The van der Waals surface area contributed by atoms with Crippen molar-refractivity contribution in [1.29, 1.82) is 0 Å². The Hall–Kier alpha value is -2.18. The highest BCUT2D eigenvalue weighted by atomic mass is 16.5. The number of carbonyl (C=O) groups is 2. The van der Waals surface area contributed by atoms with Crippen molar-refractivity contribution in [2.24, 2.45) is 0 Å². The highest BCUT2D eigenvalue weighted by molar-refractivity contribution is 5.76. The quantitative estimate of drug-likeness (QED) is 0.0320. The van der Waals surface area contributed by atoms with Gasteiger partial charge in [-0.3, -0.25) is 9.59 Å². The number of amides is 1. The molecule has 2 unspecified atom stereocenters. The molecular weight excluding hydrogens is 887 g/mol. The van der Waals surface area contributed by atoms with Crippen molar-refractivity contribution in [1.82, 2.24) is 5.32 Å². The Morgan fingerprint density at radius 2 is 0.694 bits per heavy atom. The largest absolute Gasteiger partial charge is 0.466 e. The number of rotatable bonds is 59. The Balaban J connectivity index is 3.35. The smallest absolute Gasteiger partial charge is 0.305 e. The van der Waals surface area contributed by atoms with Crippen LogP contribution < -0.4 is 5.32 Å². The molecule has 6 nitrogen and oxygen atoms in total. The average Bonchev–Trinajstić information content (AvgIpc) is 3.38. The second kappa shape index (κ2) is 61.4. The second-order valence-corrected chi connectivity index (χ2v) is 21.7. The van der Waals surface area contributed by atoms with Gasteiger partial charge in [0.15, 0.2) is 0 Å². The third-order valence-electron chi connectivity index (χ3n) is 14.6. The van der Waals surface area contributed by atoms with Crippen molar-refractivity contribution >= 4 is 11.9 Å². The molecule has 0 aromatic rings. The van der Waals surface area contributed by atoms with Gasteiger partial charge in [0.2, 0.25) is 5.91 Å². The maximum absolute atomic E-state index is 12.4. The first-order chi connectivity index (χ1) is 35.5. The van der Waals surface area contributed by atoms with Gasteiger partial charge in [0, 0.05) is 12.8 Å². The van der Waals surface area contributed by atoms with Crippen LogP contribution in [0.3, 0.4) is 0 Å². The number of carbonyl (C=O) groups excluding carboxylic acids is 2. The summed E-state index contributed by atoms with van der Waals surface area (Å²) >= 11 is 0. The lowest BCUT2D eigenvalue weighted by Gasteiger charge is -2.20. The van der Waals surface area contributed by atoms with E-state index in [1.165, 1.54) is 257 Å². The number of hydrogen-bond donors (Lipinski definition) is 3. The Morgan fingerprint density at radius 3 is 1.10 bits per heavy atom. The molecule has 0 aromatic carbocycles. The molecule has 0 bridgehead atoms. The predicted molar refractivity (Wildman–Crippen MR) is 315 cm³/mol. The van der Waals surface area contributed by atoms with Gasteiger partial charge in [-0.05, 0) is 89.9 Å². The molecule has 1 amide bonds. The fourth-order valence-electron chi connectivity index (χ4n) is 9.66. The van der Waals surface area contributed by atoms with Crippen molar-refractivity contribution in [2.45, 2.75) is 347 Å². The van der Waals surface area contributed by atoms with Crippen LogP contribution in [0.25, 0.3) is 0 Å².